The molecule has 2 N–H and O–H groups in total. The highest BCUT2D eigenvalue weighted by Gasteiger charge is 2.14. The molecule has 3 rings (SSSR count). The van der Waals surface area contributed by atoms with Crippen LogP contribution in [0, 0.1) is 5.82 Å². The van der Waals surface area contributed by atoms with E-state index in [-0.39, 0.29) is 17.6 Å². The van der Waals surface area contributed by atoms with Gasteiger partial charge in [0.25, 0.3) is 0 Å². The van der Waals surface area contributed by atoms with Crippen molar-refractivity contribution in [2.24, 2.45) is 0 Å². The molecule has 0 aliphatic carbocycles. The van der Waals surface area contributed by atoms with E-state index < -0.39 is 0 Å². The number of hydrogen-bond acceptors (Lipinski definition) is 4. The van der Waals surface area contributed by atoms with Gasteiger partial charge < -0.3 is 15.4 Å². The molecule has 1 saturated heterocycles. The Kier molecular flexibility index (Phi) is 6.89. The van der Waals surface area contributed by atoms with Gasteiger partial charge >= 0.3 is 0 Å². The quantitative estimate of drug-likeness (QED) is 0.753. The standard InChI is InChI=1S/C21H22FN3O3/c22-19-4-2-1-3-16(19)5-10-20(26)23-17-6-8-18(9-7-17)24-21(27)15-25-11-13-28-14-12-25/h1-10H,11-15H2,(H,23,26)(H,24,27)/b10-5+. The number of halogens is 1. The van der Waals surface area contributed by atoms with Gasteiger partial charge in [0.05, 0.1) is 19.8 Å². The summed E-state index contributed by atoms with van der Waals surface area (Å²) in [7, 11) is 0. The molecular formula is C21H22FN3O3. The summed E-state index contributed by atoms with van der Waals surface area (Å²) in [5.41, 5.74) is 1.57. The SMILES string of the molecule is O=C(/C=C/c1ccccc1F)Nc1ccc(NC(=O)CN2CCOCC2)cc1. The first kappa shape index (κ1) is 19.7. The fourth-order valence-corrected chi connectivity index (χ4v) is 2.76. The zero-order chi connectivity index (χ0) is 19.8. The van der Waals surface area contributed by atoms with Gasteiger partial charge in [-0.15, -0.1) is 0 Å². The molecule has 0 atom stereocenters. The van der Waals surface area contributed by atoms with Crippen LogP contribution in [-0.4, -0.2) is 49.6 Å². The summed E-state index contributed by atoms with van der Waals surface area (Å²) in [6.07, 6.45) is 2.70. The highest BCUT2D eigenvalue weighted by molar-refractivity contribution is 6.02. The summed E-state index contributed by atoms with van der Waals surface area (Å²) >= 11 is 0. The maximum Gasteiger partial charge on any atom is 0.248 e. The third-order valence-corrected chi connectivity index (χ3v) is 4.23. The van der Waals surface area contributed by atoms with Gasteiger partial charge in [-0.2, -0.15) is 0 Å². The third kappa shape index (κ3) is 6.00. The van der Waals surface area contributed by atoms with E-state index in [4.69, 9.17) is 4.74 Å². The number of hydrogen-bond donors (Lipinski definition) is 2. The highest BCUT2D eigenvalue weighted by Crippen LogP contribution is 2.14. The maximum atomic E-state index is 13.5. The number of amides is 2. The Morgan fingerprint density at radius 3 is 2.32 bits per heavy atom. The van der Waals surface area contributed by atoms with Crippen molar-refractivity contribution in [1.82, 2.24) is 4.90 Å². The molecule has 1 fully saturated rings. The molecule has 0 radical (unpaired) electrons. The Morgan fingerprint density at radius 1 is 1.00 bits per heavy atom. The summed E-state index contributed by atoms with van der Waals surface area (Å²) in [4.78, 5) is 26.1. The second kappa shape index (κ2) is 9.77. The van der Waals surface area contributed by atoms with Crippen molar-refractivity contribution in [2.45, 2.75) is 0 Å². The van der Waals surface area contributed by atoms with E-state index in [1.54, 1.807) is 42.5 Å². The van der Waals surface area contributed by atoms with E-state index in [0.29, 0.717) is 36.7 Å². The van der Waals surface area contributed by atoms with Crippen LogP contribution < -0.4 is 10.6 Å². The summed E-state index contributed by atoms with van der Waals surface area (Å²) in [5.74, 6) is -0.845. The van der Waals surface area contributed by atoms with E-state index in [1.165, 1.54) is 18.2 Å². The monoisotopic (exact) mass is 383 g/mol. The van der Waals surface area contributed by atoms with Crippen LogP contribution in [-0.2, 0) is 14.3 Å². The van der Waals surface area contributed by atoms with Crippen molar-refractivity contribution in [3.63, 3.8) is 0 Å². The van der Waals surface area contributed by atoms with Gasteiger partial charge in [0.15, 0.2) is 0 Å². The molecule has 0 unspecified atom stereocenters. The van der Waals surface area contributed by atoms with E-state index in [9.17, 15) is 14.0 Å². The lowest BCUT2D eigenvalue weighted by molar-refractivity contribution is -0.118. The molecule has 1 aliphatic rings. The van der Waals surface area contributed by atoms with Gasteiger partial charge in [-0.1, -0.05) is 18.2 Å². The van der Waals surface area contributed by atoms with Gasteiger partial charge in [-0.25, -0.2) is 4.39 Å². The average Bonchev–Trinajstić information content (AvgIpc) is 2.69. The van der Waals surface area contributed by atoms with E-state index in [1.807, 2.05) is 4.90 Å². The molecule has 2 aromatic rings. The Labute approximate surface area is 163 Å². The van der Waals surface area contributed by atoms with E-state index in [0.717, 1.165) is 13.1 Å². The number of nitrogens with one attached hydrogen (secondary N) is 2. The number of carbonyl (C=O) groups excluding carboxylic acids is 2. The Morgan fingerprint density at radius 2 is 1.64 bits per heavy atom. The molecule has 146 valence electrons. The van der Waals surface area contributed by atoms with Crippen molar-refractivity contribution in [3.05, 3.63) is 66.0 Å². The Balaban J connectivity index is 1.49. The zero-order valence-corrected chi connectivity index (χ0v) is 15.4. The predicted molar refractivity (Wildman–Crippen MR) is 106 cm³/mol. The number of ether oxygens (including phenoxy) is 1. The predicted octanol–water partition coefficient (Wildman–Crippen LogP) is 2.75. The Hall–Kier alpha value is -3.03. The third-order valence-electron chi connectivity index (χ3n) is 4.23. The molecule has 7 heteroatoms. The molecular weight excluding hydrogens is 361 g/mol. The van der Waals surface area contributed by atoms with Crippen LogP contribution in [0.25, 0.3) is 6.08 Å². The van der Waals surface area contributed by atoms with Gasteiger partial charge in [-0.05, 0) is 36.4 Å². The molecule has 0 bridgehead atoms. The van der Waals surface area contributed by atoms with Gasteiger partial charge in [0, 0.05) is 36.1 Å². The second-order valence-electron chi connectivity index (χ2n) is 6.36. The molecule has 1 heterocycles. The normalized spacial score (nSPS) is 14.8. The van der Waals surface area contributed by atoms with Gasteiger partial charge in [0.2, 0.25) is 11.8 Å². The molecule has 2 aromatic carbocycles. The minimum Gasteiger partial charge on any atom is -0.379 e. The van der Waals surface area contributed by atoms with Crippen LogP contribution in [0.3, 0.4) is 0 Å². The van der Waals surface area contributed by atoms with Crippen LogP contribution in [0.15, 0.2) is 54.6 Å². The number of morpholine rings is 1. The highest BCUT2D eigenvalue weighted by atomic mass is 19.1. The Bertz CT molecular complexity index is 846. The van der Waals surface area contributed by atoms with Crippen LogP contribution in [0.4, 0.5) is 15.8 Å². The first-order valence-electron chi connectivity index (χ1n) is 9.04. The zero-order valence-electron chi connectivity index (χ0n) is 15.4. The molecule has 0 spiro atoms. The number of carbonyl (C=O) groups is 2. The van der Waals surface area contributed by atoms with Gasteiger partial charge in [-0.3, -0.25) is 14.5 Å². The molecule has 28 heavy (non-hydrogen) atoms. The minimum atomic E-state index is -0.385. The van der Waals surface area contributed by atoms with Gasteiger partial charge in [0.1, 0.15) is 5.82 Å². The topological polar surface area (TPSA) is 70.7 Å². The summed E-state index contributed by atoms with van der Waals surface area (Å²) < 4.78 is 18.8. The van der Waals surface area contributed by atoms with Crippen molar-refractivity contribution >= 4 is 29.3 Å². The molecule has 1 aliphatic heterocycles. The molecule has 0 aromatic heterocycles. The van der Waals surface area contributed by atoms with Crippen LogP contribution >= 0.6 is 0 Å². The van der Waals surface area contributed by atoms with E-state index >= 15 is 0 Å². The van der Waals surface area contributed by atoms with E-state index in [2.05, 4.69) is 10.6 Å². The number of rotatable bonds is 6. The smallest absolute Gasteiger partial charge is 0.248 e. The van der Waals surface area contributed by atoms with Crippen molar-refractivity contribution in [1.29, 1.82) is 0 Å². The lowest BCUT2D eigenvalue weighted by Gasteiger charge is -2.25. The largest absolute Gasteiger partial charge is 0.379 e. The van der Waals surface area contributed by atoms with Crippen LogP contribution in [0.1, 0.15) is 5.56 Å². The summed E-state index contributed by atoms with van der Waals surface area (Å²) in [6, 6.07) is 13.0. The van der Waals surface area contributed by atoms with Crippen molar-refractivity contribution < 1.29 is 18.7 Å². The fourth-order valence-electron chi connectivity index (χ4n) is 2.76. The van der Waals surface area contributed by atoms with Crippen LogP contribution in [0.2, 0.25) is 0 Å². The number of nitrogens with zero attached hydrogens (tertiary/aromatic N) is 1. The summed E-state index contributed by atoms with van der Waals surface area (Å²) in [5, 5.41) is 5.53. The summed E-state index contributed by atoms with van der Waals surface area (Å²) in [6.45, 7) is 3.11. The van der Waals surface area contributed by atoms with Crippen molar-refractivity contribution in [3.8, 4) is 0 Å². The number of anilines is 2. The van der Waals surface area contributed by atoms with Crippen LogP contribution in [0.5, 0.6) is 0 Å². The second-order valence-corrected chi connectivity index (χ2v) is 6.36. The lowest BCUT2D eigenvalue weighted by Crippen LogP contribution is -2.41. The first-order chi connectivity index (χ1) is 13.6. The molecule has 0 saturated carbocycles. The average molecular weight is 383 g/mol. The fraction of sp³-hybridized carbons (Fsp3) is 0.238. The maximum absolute atomic E-state index is 13.5. The molecule has 6 nitrogen and oxygen atoms in total. The minimum absolute atomic E-state index is 0.0912. The molecule has 2 amide bonds. The van der Waals surface area contributed by atoms with Crippen molar-refractivity contribution in [2.75, 3.05) is 43.5 Å². The first-order valence-corrected chi connectivity index (χ1v) is 9.04. The number of benzene rings is 2. The lowest BCUT2D eigenvalue weighted by atomic mass is 10.2.